The molecule has 0 spiro atoms. The Morgan fingerprint density at radius 1 is 1.08 bits per heavy atom. The molecule has 26 heavy (non-hydrogen) atoms. The van der Waals surface area contributed by atoms with E-state index in [0.717, 1.165) is 5.56 Å². The third-order valence-electron chi connectivity index (χ3n) is 3.70. The second-order valence-corrected chi connectivity index (χ2v) is 6.28. The average Bonchev–Trinajstić information content (AvgIpc) is 2.64. The second-order valence-electron chi connectivity index (χ2n) is 5.49. The number of esters is 1. The Hall–Kier alpha value is -2.14. The molecule has 2 aromatic carbocycles. The Morgan fingerprint density at radius 3 is 2.38 bits per heavy atom. The van der Waals surface area contributed by atoms with Crippen LogP contribution in [0.2, 0.25) is 10.0 Å². The number of benzene rings is 2. The van der Waals surface area contributed by atoms with Gasteiger partial charge in [0.1, 0.15) is 18.3 Å². The first-order valence-electron chi connectivity index (χ1n) is 7.85. The number of methoxy groups -OCH3 is 1. The van der Waals surface area contributed by atoms with E-state index in [1.54, 1.807) is 18.2 Å². The van der Waals surface area contributed by atoms with Crippen LogP contribution >= 0.6 is 23.2 Å². The van der Waals surface area contributed by atoms with Gasteiger partial charge < -0.3 is 9.47 Å². The highest BCUT2D eigenvalue weighted by atomic mass is 35.5. The van der Waals surface area contributed by atoms with E-state index < -0.39 is 17.9 Å². The summed E-state index contributed by atoms with van der Waals surface area (Å²) < 4.78 is 10.6. The lowest BCUT2D eigenvalue weighted by Crippen LogP contribution is -2.18. The fourth-order valence-corrected chi connectivity index (χ4v) is 2.65. The number of Topliss-reactive ketones (excluding diaryl/α,β-unsaturated/α-hetero) is 1. The Balaban J connectivity index is 2.17. The number of rotatable bonds is 7. The summed E-state index contributed by atoms with van der Waals surface area (Å²) in [4.78, 5) is 24.3. The highest BCUT2D eigenvalue weighted by molar-refractivity contribution is 6.43. The summed E-state index contributed by atoms with van der Waals surface area (Å²) in [6.07, 6.45) is 0.951. The number of carbonyl (C=O) groups excluding carboxylic acids is 2. The predicted octanol–water partition coefficient (Wildman–Crippen LogP) is 4.90. The summed E-state index contributed by atoms with van der Waals surface area (Å²) >= 11 is 12.1. The zero-order chi connectivity index (χ0) is 19.1. The summed E-state index contributed by atoms with van der Waals surface area (Å²) in [5, 5.41) is 0.597. The van der Waals surface area contributed by atoms with Crippen LogP contribution in [0.15, 0.2) is 54.1 Å². The smallest absolute Gasteiger partial charge is 0.341 e. The lowest BCUT2D eigenvalue weighted by Gasteiger charge is -2.16. The van der Waals surface area contributed by atoms with Gasteiger partial charge in [0.2, 0.25) is 0 Å². The van der Waals surface area contributed by atoms with Crippen molar-refractivity contribution in [2.45, 2.75) is 13.0 Å². The zero-order valence-corrected chi connectivity index (χ0v) is 15.9. The van der Waals surface area contributed by atoms with Crippen molar-refractivity contribution in [2.75, 3.05) is 13.7 Å². The normalized spacial score (nSPS) is 12.5. The molecule has 136 valence electrons. The van der Waals surface area contributed by atoms with Crippen molar-refractivity contribution in [1.29, 1.82) is 0 Å². The van der Waals surface area contributed by atoms with Crippen LogP contribution in [0.5, 0.6) is 0 Å². The van der Waals surface area contributed by atoms with Crippen LogP contribution in [-0.2, 0) is 19.1 Å². The highest BCUT2D eigenvalue weighted by Gasteiger charge is 2.20. The number of hydrogen-bond acceptors (Lipinski definition) is 4. The van der Waals surface area contributed by atoms with Gasteiger partial charge in [-0.15, -0.1) is 0 Å². The van der Waals surface area contributed by atoms with E-state index in [1.165, 1.54) is 20.1 Å². The minimum absolute atomic E-state index is 0.0206. The van der Waals surface area contributed by atoms with Gasteiger partial charge in [-0.1, -0.05) is 65.7 Å². The van der Waals surface area contributed by atoms with Gasteiger partial charge in [0.05, 0.1) is 10.0 Å². The summed E-state index contributed by atoms with van der Waals surface area (Å²) in [5.74, 6) is -1.17. The van der Waals surface area contributed by atoms with Gasteiger partial charge in [-0.05, 0) is 30.2 Å². The predicted molar refractivity (Wildman–Crippen MR) is 102 cm³/mol. The highest BCUT2D eigenvalue weighted by Crippen LogP contribution is 2.27. The molecular formula is C20H18Cl2O4. The van der Waals surface area contributed by atoms with E-state index in [2.05, 4.69) is 0 Å². The lowest BCUT2D eigenvalue weighted by molar-refractivity contribution is -0.143. The maximum Gasteiger partial charge on any atom is 0.341 e. The van der Waals surface area contributed by atoms with Gasteiger partial charge in [0, 0.05) is 7.11 Å². The molecule has 0 N–H and O–H groups in total. The van der Waals surface area contributed by atoms with Crippen LogP contribution in [0.4, 0.5) is 0 Å². The summed E-state index contributed by atoms with van der Waals surface area (Å²) in [6.45, 7) is 1.27. The minimum atomic E-state index is -0.744. The number of carbonyl (C=O) groups is 2. The standard InChI is InChI=1S/C20H18Cl2O4/c1-13(23)16(11-15-9-6-10-17(21)19(15)22)20(24)26-12-18(25-2)14-7-4-3-5-8-14/h3-11,18H,12H2,1-2H3/b16-11-/t18-/m1/s1. The molecule has 4 nitrogen and oxygen atoms in total. The SMILES string of the molecule is CO[C@H](COC(=O)/C(=C\c1cccc(Cl)c1Cl)C(C)=O)c1ccccc1. The number of ketones is 1. The fraction of sp³-hybridized carbons (Fsp3) is 0.200. The van der Waals surface area contributed by atoms with E-state index in [1.807, 2.05) is 30.3 Å². The van der Waals surface area contributed by atoms with E-state index in [4.69, 9.17) is 32.7 Å². The van der Waals surface area contributed by atoms with Gasteiger partial charge in [-0.25, -0.2) is 4.79 Å². The molecule has 0 radical (unpaired) electrons. The molecule has 0 heterocycles. The monoisotopic (exact) mass is 392 g/mol. The molecule has 0 saturated heterocycles. The maximum atomic E-state index is 12.4. The first-order valence-corrected chi connectivity index (χ1v) is 8.61. The molecule has 2 rings (SSSR count). The minimum Gasteiger partial charge on any atom is -0.459 e. The number of hydrogen-bond donors (Lipinski definition) is 0. The van der Waals surface area contributed by atoms with E-state index >= 15 is 0 Å². The summed E-state index contributed by atoms with van der Waals surface area (Å²) in [5.41, 5.74) is 1.22. The van der Waals surface area contributed by atoms with Crippen molar-refractivity contribution in [2.24, 2.45) is 0 Å². The van der Waals surface area contributed by atoms with Crippen molar-refractivity contribution < 1.29 is 19.1 Å². The molecule has 0 saturated carbocycles. The number of ether oxygens (including phenoxy) is 2. The van der Waals surface area contributed by atoms with Crippen LogP contribution in [0.3, 0.4) is 0 Å². The molecule has 0 aliphatic heterocycles. The quantitative estimate of drug-likeness (QED) is 0.291. The summed E-state index contributed by atoms with van der Waals surface area (Å²) in [6, 6.07) is 14.3. The van der Waals surface area contributed by atoms with E-state index in [9.17, 15) is 9.59 Å². The Morgan fingerprint density at radius 2 is 1.77 bits per heavy atom. The van der Waals surface area contributed by atoms with Crippen LogP contribution in [0, 0.1) is 0 Å². The zero-order valence-electron chi connectivity index (χ0n) is 14.4. The number of halogens is 2. The van der Waals surface area contributed by atoms with E-state index in [-0.39, 0.29) is 17.2 Å². The maximum absolute atomic E-state index is 12.4. The van der Waals surface area contributed by atoms with Gasteiger partial charge in [0.25, 0.3) is 0 Å². The van der Waals surface area contributed by atoms with E-state index in [0.29, 0.717) is 10.6 Å². The van der Waals surface area contributed by atoms with Crippen LogP contribution in [0.1, 0.15) is 24.2 Å². The molecule has 0 fully saturated rings. The Labute approximate surface area is 162 Å². The van der Waals surface area contributed by atoms with Crippen LogP contribution < -0.4 is 0 Å². The summed E-state index contributed by atoms with van der Waals surface area (Å²) in [7, 11) is 1.53. The molecular weight excluding hydrogens is 375 g/mol. The van der Waals surface area contributed by atoms with Gasteiger partial charge in [-0.2, -0.15) is 0 Å². The molecule has 1 atom stereocenters. The average molecular weight is 393 g/mol. The molecule has 0 bridgehead atoms. The molecule has 0 aliphatic rings. The molecule has 0 aromatic heterocycles. The molecule has 0 amide bonds. The first kappa shape index (κ1) is 20.2. The van der Waals surface area contributed by atoms with Crippen LogP contribution in [0.25, 0.3) is 6.08 Å². The van der Waals surface area contributed by atoms with Crippen molar-refractivity contribution in [3.63, 3.8) is 0 Å². The molecule has 6 heteroatoms. The van der Waals surface area contributed by atoms with Crippen molar-refractivity contribution in [1.82, 2.24) is 0 Å². The largest absolute Gasteiger partial charge is 0.459 e. The lowest BCUT2D eigenvalue weighted by atomic mass is 10.1. The molecule has 0 unspecified atom stereocenters. The van der Waals surface area contributed by atoms with Crippen LogP contribution in [-0.4, -0.2) is 25.5 Å². The Kier molecular flexibility index (Phi) is 7.39. The van der Waals surface area contributed by atoms with Crippen molar-refractivity contribution in [3.8, 4) is 0 Å². The molecule has 2 aromatic rings. The Bertz CT molecular complexity index is 816. The van der Waals surface area contributed by atoms with Gasteiger partial charge >= 0.3 is 5.97 Å². The van der Waals surface area contributed by atoms with Gasteiger partial charge in [0.15, 0.2) is 5.78 Å². The second kappa shape index (κ2) is 9.53. The topological polar surface area (TPSA) is 52.6 Å². The molecule has 0 aliphatic carbocycles. The third kappa shape index (κ3) is 5.18. The van der Waals surface area contributed by atoms with Crippen molar-refractivity contribution in [3.05, 3.63) is 75.3 Å². The first-order chi connectivity index (χ1) is 12.4. The third-order valence-corrected chi connectivity index (χ3v) is 4.54. The van der Waals surface area contributed by atoms with Crippen molar-refractivity contribution >= 4 is 41.0 Å². The fourth-order valence-electron chi connectivity index (χ4n) is 2.29. The van der Waals surface area contributed by atoms with Gasteiger partial charge in [-0.3, -0.25) is 4.79 Å².